The van der Waals surface area contributed by atoms with Crippen molar-refractivity contribution in [2.75, 3.05) is 38.9 Å². The van der Waals surface area contributed by atoms with Crippen molar-refractivity contribution in [3.63, 3.8) is 0 Å². The molecule has 1 aliphatic heterocycles. The van der Waals surface area contributed by atoms with Gasteiger partial charge in [0, 0.05) is 23.9 Å². The average molecular weight is 430 g/mol. The molecule has 0 spiro atoms. The fraction of sp³-hybridized carbons (Fsp3) is 0.192. The topological polar surface area (TPSA) is 62.8 Å². The van der Waals surface area contributed by atoms with Gasteiger partial charge in [-0.1, -0.05) is 42.5 Å². The standard InChI is InChI=1S/C26H27N3O3/c1-29(2)16-17-10-12-19(13-11-17)27-25(18-8-6-5-7-9-18)24-20-14-22(31-3)23(32-4)15-21(20)28-26(24)30/h5-15,27H,16H2,1-4H3,(H,28,30). The number of anilines is 2. The number of fused-ring (bicyclic) bond motifs is 1. The van der Waals surface area contributed by atoms with Gasteiger partial charge in [0.2, 0.25) is 0 Å². The first kappa shape index (κ1) is 21.5. The summed E-state index contributed by atoms with van der Waals surface area (Å²) in [4.78, 5) is 15.2. The number of ether oxygens (including phenoxy) is 2. The van der Waals surface area contributed by atoms with Crippen LogP contribution in [0.3, 0.4) is 0 Å². The van der Waals surface area contributed by atoms with Crippen LogP contribution < -0.4 is 20.1 Å². The molecule has 2 N–H and O–H groups in total. The second-order valence-electron chi connectivity index (χ2n) is 7.88. The summed E-state index contributed by atoms with van der Waals surface area (Å²) < 4.78 is 10.9. The molecule has 0 fully saturated rings. The average Bonchev–Trinajstić information content (AvgIpc) is 3.12. The molecule has 1 aliphatic rings. The lowest BCUT2D eigenvalue weighted by atomic mass is 9.99. The molecule has 32 heavy (non-hydrogen) atoms. The predicted molar refractivity (Wildman–Crippen MR) is 129 cm³/mol. The van der Waals surface area contributed by atoms with Gasteiger partial charge in [0.05, 0.1) is 31.2 Å². The van der Waals surface area contributed by atoms with Crippen LogP contribution in [-0.2, 0) is 11.3 Å². The summed E-state index contributed by atoms with van der Waals surface area (Å²) >= 11 is 0. The van der Waals surface area contributed by atoms with Gasteiger partial charge < -0.3 is 25.0 Å². The molecule has 6 heteroatoms. The van der Waals surface area contributed by atoms with Crippen molar-refractivity contribution in [3.8, 4) is 11.5 Å². The molecule has 6 nitrogen and oxygen atoms in total. The van der Waals surface area contributed by atoms with Crippen LogP contribution in [0.1, 0.15) is 16.7 Å². The van der Waals surface area contributed by atoms with Crippen LogP contribution >= 0.6 is 0 Å². The summed E-state index contributed by atoms with van der Waals surface area (Å²) in [6.07, 6.45) is 0. The zero-order valence-corrected chi connectivity index (χ0v) is 18.7. The number of rotatable bonds is 7. The fourth-order valence-corrected chi connectivity index (χ4v) is 3.83. The lowest BCUT2D eigenvalue weighted by Gasteiger charge is -2.16. The Morgan fingerprint density at radius 2 is 1.59 bits per heavy atom. The number of nitrogens with zero attached hydrogens (tertiary/aromatic N) is 1. The third kappa shape index (κ3) is 4.31. The van der Waals surface area contributed by atoms with E-state index in [9.17, 15) is 4.79 Å². The maximum absolute atomic E-state index is 13.1. The van der Waals surface area contributed by atoms with Gasteiger partial charge in [-0.2, -0.15) is 0 Å². The smallest absolute Gasteiger partial charge is 0.258 e. The third-order valence-electron chi connectivity index (χ3n) is 5.30. The molecule has 0 aromatic heterocycles. The Morgan fingerprint density at radius 3 is 2.22 bits per heavy atom. The fourth-order valence-electron chi connectivity index (χ4n) is 3.83. The van der Waals surface area contributed by atoms with Gasteiger partial charge in [-0.25, -0.2) is 0 Å². The van der Waals surface area contributed by atoms with Gasteiger partial charge >= 0.3 is 0 Å². The second kappa shape index (κ2) is 9.16. The molecule has 0 saturated carbocycles. The number of amides is 1. The van der Waals surface area contributed by atoms with Crippen LogP contribution in [0.5, 0.6) is 11.5 Å². The Bertz CT molecular complexity index is 1150. The van der Waals surface area contributed by atoms with Crippen molar-refractivity contribution in [2.24, 2.45) is 0 Å². The summed E-state index contributed by atoms with van der Waals surface area (Å²) in [5, 5.41) is 6.45. The molecule has 1 amide bonds. The molecule has 3 aromatic rings. The normalized spacial score (nSPS) is 14.1. The number of carbonyl (C=O) groups excluding carboxylic acids is 1. The van der Waals surface area contributed by atoms with E-state index in [1.165, 1.54) is 5.56 Å². The minimum Gasteiger partial charge on any atom is -0.493 e. The Morgan fingerprint density at radius 1 is 0.938 bits per heavy atom. The number of benzene rings is 3. The number of hydrogen-bond acceptors (Lipinski definition) is 5. The summed E-state index contributed by atoms with van der Waals surface area (Å²) in [5.74, 6) is 0.963. The Kier molecular flexibility index (Phi) is 6.14. The number of carbonyl (C=O) groups is 1. The minimum absolute atomic E-state index is 0.175. The van der Waals surface area contributed by atoms with E-state index in [0.717, 1.165) is 29.1 Å². The van der Waals surface area contributed by atoms with E-state index in [0.29, 0.717) is 22.8 Å². The van der Waals surface area contributed by atoms with E-state index in [2.05, 4.69) is 27.7 Å². The van der Waals surface area contributed by atoms with E-state index in [4.69, 9.17) is 9.47 Å². The van der Waals surface area contributed by atoms with Crippen molar-refractivity contribution in [1.29, 1.82) is 0 Å². The van der Waals surface area contributed by atoms with Gasteiger partial charge in [0.25, 0.3) is 5.91 Å². The largest absolute Gasteiger partial charge is 0.493 e. The molecule has 0 unspecified atom stereocenters. The molecular formula is C26H27N3O3. The summed E-state index contributed by atoms with van der Waals surface area (Å²) in [7, 11) is 7.26. The molecule has 0 aliphatic carbocycles. The van der Waals surface area contributed by atoms with Gasteiger partial charge in [-0.3, -0.25) is 4.79 Å². The minimum atomic E-state index is -0.175. The Hall–Kier alpha value is -3.77. The second-order valence-corrected chi connectivity index (χ2v) is 7.88. The quantitative estimate of drug-likeness (QED) is 0.533. The maximum Gasteiger partial charge on any atom is 0.258 e. The van der Waals surface area contributed by atoms with Crippen LogP contribution in [0.15, 0.2) is 66.7 Å². The van der Waals surface area contributed by atoms with Crippen LogP contribution in [0, 0.1) is 0 Å². The first-order valence-corrected chi connectivity index (χ1v) is 10.4. The highest BCUT2D eigenvalue weighted by Gasteiger charge is 2.30. The van der Waals surface area contributed by atoms with Gasteiger partial charge in [0.1, 0.15) is 0 Å². The van der Waals surface area contributed by atoms with Crippen molar-refractivity contribution < 1.29 is 14.3 Å². The molecular weight excluding hydrogens is 402 g/mol. The zero-order chi connectivity index (χ0) is 22.7. The van der Waals surface area contributed by atoms with Gasteiger partial charge in [-0.15, -0.1) is 0 Å². The Labute approximate surface area is 188 Å². The molecule has 0 saturated heterocycles. The maximum atomic E-state index is 13.1. The molecule has 3 aromatic carbocycles. The number of hydrogen-bond donors (Lipinski definition) is 2. The van der Waals surface area contributed by atoms with Crippen molar-refractivity contribution >= 4 is 28.6 Å². The first-order chi connectivity index (χ1) is 15.5. The van der Waals surface area contributed by atoms with E-state index in [-0.39, 0.29) is 5.91 Å². The lowest BCUT2D eigenvalue weighted by molar-refractivity contribution is -0.110. The van der Waals surface area contributed by atoms with E-state index < -0.39 is 0 Å². The molecule has 4 rings (SSSR count). The predicted octanol–water partition coefficient (Wildman–Crippen LogP) is 4.70. The van der Waals surface area contributed by atoms with Crippen molar-refractivity contribution in [2.45, 2.75) is 6.54 Å². The van der Waals surface area contributed by atoms with Crippen LogP contribution in [0.4, 0.5) is 11.4 Å². The summed E-state index contributed by atoms with van der Waals surface area (Å²) in [6, 6.07) is 21.7. The van der Waals surface area contributed by atoms with Crippen LogP contribution in [0.2, 0.25) is 0 Å². The monoisotopic (exact) mass is 429 g/mol. The highest BCUT2D eigenvalue weighted by Crippen LogP contribution is 2.43. The number of nitrogens with one attached hydrogen (secondary N) is 2. The molecule has 0 radical (unpaired) electrons. The first-order valence-electron chi connectivity index (χ1n) is 10.4. The van der Waals surface area contributed by atoms with Crippen molar-refractivity contribution in [3.05, 3.63) is 83.4 Å². The van der Waals surface area contributed by atoms with Gasteiger partial charge in [0.15, 0.2) is 11.5 Å². The lowest BCUT2D eigenvalue weighted by Crippen LogP contribution is -2.11. The highest BCUT2D eigenvalue weighted by atomic mass is 16.5. The zero-order valence-electron chi connectivity index (χ0n) is 18.7. The molecule has 1 heterocycles. The molecule has 164 valence electrons. The van der Waals surface area contributed by atoms with Crippen molar-refractivity contribution in [1.82, 2.24) is 4.90 Å². The molecule has 0 bridgehead atoms. The Balaban J connectivity index is 1.82. The van der Waals surface area contributed by atoms with Crippen LogP contribution in [-0.4, -0.2) is 39.1 Å². The van der Waals surface area contributed by atoms with Crippen LogP contribution in [0.25, 0.3) is 11.3 Å². The van der Waals surface area contributed by atoms with E-state index >= 15 is 0 Å². The van der Waals surface area contributed by atoms with E-state index in [1.54, 1.807) is 20.3 Å². The summed E-state index contributed by atoms with van der Waals surface area (Å²) in [5.41, 5.74) is 5.79. The van der Waals surface area contributed by atoms with E-state index in [1.807, 2.05) is 62.6 Å². The number of methoxy groups -OCH3 is 2. The summed E-state index contributed by atoms with van der Waals surface area (Å²) in [6.45, 7) is 0.865. The highest BCUT2D eigenvalue weighted by molar-refractivity contribution is 6.37. The third-order valence-corrected chi connectivity index (χ3v) is 5.30. The SMILES string of the molecule is COc1cc2c(cc1OC)C(=C(Nc1ccc(CN(C)C)cc1)c1ccccc1)C(=O)N2. The van der Waals surface area contributed by atoms with Gasteiger partial charge in [-0.05, 0) is 43.4 Å². The molecule has 0 atom stereocenters.